The van der Waals surface area contributed by atoms with Crippen LogP contribution < -0.4 is 10.1 Å². The molecular formula is C31H35N3O4S. The molecule has 1 aromatic heterocycles. The van der Waals surface area contributed by atoms with Gasteiger partial charge in [-0.05, 0) is 61.9 Å². The number of hydrogen-bond donors (Lipinski definition) is 1. The van der Waals surface area contributed by atoms with E-state index in [0.29, 0.717) is 24.6 Å². The van der Waals surface area contributed by atoms with Crippen LogP contribution in [0, 0.1) is 23.7 Å². The van der Waals surface area contributed by atoms with Gasteiger partial charge in [-0.1, -0.05) is 51.1 Å². The van der Waals surface area contributed by atoms with Crippen molar-refractivity contribution in [1.82, 2.24) is 9.88 Å². The Morgan fingerprint density at radius 3 is 2.49 bits per heavy atom. The lowest BCUT2D eigenvalue weighted by molar-refractivity contribution is -0.172. The molecule has 0 spiro atoms. The van der Waals surface area contributed by atoms with Gasteiger partial charge in [-0.15, -0.1) is 11.3 Å². The molecule has 0 radical (unpaired) electrons. The second kappa shape index (κ2) is 10.2. The molecule has 1 N–H and O–H groups in total. The first-order valence-electron chi connectivity index (χ1n) is 13.5. The van der Waals surface area contributed by atoms with Crippen molar-refractivity contribution >= 4 is 34.2 Å². The highest BCUT2D eigenvalue weighted by Gasteiger charge is 2.65. The zero-order valence-corrected chi connectivity index (χ0v) is 23.9. The van der Waals surface area contributed by atoms with Crippen molar-refractivity contribution in [3.8, 4) is 17.0 Å². The van der Waals surface area contributed by atoms with E-state index in [1.807, 2.05) is 89.2 Å². The lowest BCUT2D eigenvalue weighted by atomic mass is 9.62. The number of amides is 3. The Morgan fingerprint density at radius 2 is 1.82 bits per heavy atom. The Bertz CT molecular complexity index is 1400. The number of rotatable bonds is 8. The van der Waals surface area contributed by atoms with E-state index in [4.69, 9.17) is 9.72 Å². The molecule has 3 aromatic rings. The fraction of sp³-hybridized carbons (Fsp3) is 0.419. The van der Waals surface area contributed by atoms with Crippen LogP contribution in [0.15, 0.2) is 54.6 Å². The molecule has 3 unspecified atom stereocenters. The summed E-state index contributed by atoms with van der Waals surface area (Å²) in [6.07, 6.45) is 1.54. The van der Waals surface area contributed by atoms with Gasteiger partial charge in [-0.2, -0.15) is 0 Å². The van der Waals surface area contributed by atoms with E-state index in [1.165, 1.54) is 16.2 Å². The highest BCUT2D eigenvalue weighted by atomic mass is 32.1. The van der Waals surface area contributed by atoms with E-state index in [-0.39, 0.29) is 24.2 Å². The number of thiazole rings is 1. The van der Waals surface area contributed by atoms with Gasteiger partial charge in [0, 0.05) is 22.8 Å². The smallest absolute Gasteiger partial charge is 0.249 e. The number of aromatic nitrogens is 1. The minimum absolute atomic E-state index is 0.240. The molecule has 39 heavy (non-hydrogen) atoms. The summed E-state index contributed by atoms with van der Waals surface area (Å²) < 4.78 is 5.54. The Hall–Kier alpha value is -3.52. The molecular weight excluding hydrogens is 510 g/mol. The summed E-state index contributed by atoms with van der Waals surface area (Å²) in [5.41, 5.74) is 1.42. The van der Waals surface area contributed by atoms with Crippen LogP contribution in [0.25, 0.3) is 11.3 Å². The number of hydrogen-bond acceptors (Lipinski definition) is 6. The maximum atomic E-state index is 13.9. The number of benzene rings is 2. The van der Waals surface area contributed by atoms with Crippen LogP contribution in [0.1, 0.15) is 51.0 Å². The number of aryl methyl sites for hydroxylation is 1. The first-order chi connectivity index (χ1) is 18.6. The molecule has 3 atom stereocenters. The zero-order chi connectivity index (χ0) is 27.9. The van der Waals surface area contributed by atoms with Crippen LogP contribution in [-0.4, -0.2) is 40.3 Å². The van der Waals surface area contributed by atoms with Gasteiger partial charge in [-0.3, -0.25) is 19.3 Å². The normalized spacial score (nSPS) is 22.6. The van der Waals surface area contributed by atoms with Crippen LogP contribution in [0.4, 0.5) is 5.13 Å². The van der Waals surface area contributed by atoms with Crippen molar-refractivity contribution in [3.05, 3.63) is 65.0 Å². The summed E-state index contributed by atoms with van der Waals surface area (Å²) in [4.78, 5) is 48.5. The van der Waals surface area contributed by atoms with Crippen LogP contribution in [-0.2, 0) is 20.8 Å². The average Bonchev–Trinajstić information content (AvgIpc) is 3.36. The molecule has 2 heterocycles. The Labute approximate surface area is 233 Å². The van der Waals surface area contributed by atoms with Gasteiger partial charge < -0.3 is 10.1 Å². The molecule has 7 nitrogen and oxygen atoms in total. The number of likely N-dealkylation sites (tertiary alicyclic amines) is 1. The molecule has 5 rings (SSSR count). The molecule has 8 heteroatoms. The SMILES string of the molecule is CCOc1ccc(-c2nc(NC(=O)C(Cc3ccccc3)N3C(=O)C4CCC(C)(C3=O)C4(C)C)sc2C)cc1. The lowest BCUT2D eigenvalue weighted by Crippen LogP contribution is -2.64. The van der Waals surface area contributed by atoms with Crippen molar-refractivity contribution in [3.63, 3.8) is 0 Å². The predicted molar refractivity (Wildman–Crippen MR) is 152 cm³/mol. The second-order valence-corrected chi connectivity index (χ2v) is 12.4. The van der Waals surface area contributed by atoms with Crippen LogP contribution in [0.5, 0.6) is 5.75 Å². The number of fused-ring (bicyclic) bond motifs is 2. The van der Waals surface area contributed by atoms with E-state index in [1.54, 1.807) is 0 Å². The summed E-state index contributed by atoms with van der Waals surface area (Å²) in [7, 11) is 0. The summed E-state index contributed by atoms with van der Waals surface area (Å²) in [5.74, 6) is -0.419. The van der Waals surface area contributed by atoms with E-state index in [0.717, 1.165) is 27.4 Å². The van der Waals surface area contributed by atoms with Gasteiger partial charge in [0.15, 0.2) is 5.13 Å². The summed E-state index contributed by atoms with van der Waals surface area (Å²) in [6, 6.07) is 16.2. The number of anilines is 1. The molecule has 1 aliphatic heterocycles. The van der Waals surface area contributed by atoms with Crippen LogP contribution >= 0.6 is 11.3 Å². The number of ether oxygens (including phenoxy) is 1. The Balaban J connectivity index is 1.45. The molecule has 2 bridgehead atoms. The Morgan fingerprint density at radius 1 is 1.13 bits per heavy atom. The highest BCUT2D eigenvalue weighted by Crippen LogP contribution is 2.60. The average molecular weight is 546 g/mol. The maximum Gasteiger partial charge on any atom is 0.249 e. The number of nitrogens with zero attached hydrogens (tertiary/aromatic N) is 2. The number of carbonyl (C=O) groups excluding carboxylic acids is 3. The third-order valence-electron chi connectivity index (χ3n) is 8.80. The van der Waals surface area contributed by atoms with Gasteiger partial charge in [0.05, 0.1) is 17.7 Å². The second-order valence-electron chi connectivity index (χ2n) is 11.2. The quantitative estimate of drug-likeness (QED) is 0.357. The first-order valence-corrected chi connectivity index (χ1v) is 14.3. The highest BCUT2D eigenvalue weighted by molar-refractivity contribution is 7.16. The maximum absolute atomic E-state index is 13.9. The number of nitrogens with one attached hydrogen (secondary N) is 1. The van der Waals surface area contributed by atoms with E-state index in [2.05, 4.69) is 5.32 Å². The van der Waals surface area contributed by atoms with Gasteiger partial charge in [0.25, 0.3) is 0 Å². The van der Waals surface area contributed by atoms with E-state index < -0.39 is 22.8 Å². The monoisotopic (exact) mass is 545 g/mol. The largest absolute Gasteiger partial charge is 0.494 e. The number of imide groups is 1. The van der Waals surface area contributed by atoms with Gasteiger partial charge in [0.2, 0.25) is 17.7 Å². The van der Waals surface area contributed by atoms with Crippen molar-refractivity contribution in [2.45, 2.75) is 59.9 Å². The molecule has 1 saturated carbocycles. The van der Waals surface area contributed by atoms with Crippen LogP contribution in [0.2, 0.25) is 0 Å². The fourth-order valence-corrected chi connectivity index (χ4v) is 6.90. The van der Waals surface area contributed by atoms with Crippen molar-refractivity contribution < 1.29 is 19.1 Å². The third kappa shape index (κ3) is 4.65. The summed E-state index contributed by atoms with van der Waals surface area (Å²) in [5, 5.41) is 3.38. The van der Waals surface area contributed by atoms with Crippen molar-refractivity contribution in [2.24, 2.45) is 16.7 Å². The van der Waals surface area contributed by atoms with Gasteiger partial charge in [-0.25, -0.2) is 4.98 Å². The molecule has 2 aliphatic rings. The molecule has 1 saturated heterocycles. The number of piperidine rings is 1. The van der Waals surface area contributed by atoms with E-state index in [9.17, 15) is 14.4 Å². The summed E-state index contributed by atoms with van der Waals surface area (Å²) in [6.45, 7) is 10.4. The molecule has 2 aromatic carbocycles. The molecule has 2 fully saturated rings. The standard InChI is InChI=1S/C31H35N3O4S/c1-6-38-22-14-12-21(13-15-22)25-19(2)39-29(32-25)33-26(35)24(18-20-10-8-7-9-11-20)34-27(36)23-16-17-31(5,28(34)37)30(23,3)4/h7-15,23-24H,6,16-18H2,1-5H3,(H,32,33,35). The number of carbonyl (C=O) groups is 3. The van der Waals surface area contributed by atoms with Gasteiger partial charge >= 0.3 is 0 Å². The topological polar surface area (TPSA) is 88.6 Å². The zero-order valence-electron chi connectivity index (χ0n) is 23.1. The lowest BCUT2D eigenvalue weighted by Gasteiger charge is -2.49. The third-order valence-corrected chi connectivity index (χ3v) is 9.69. The van der Waals surface area contributed by atoms with Gasteiger partial charge in [0.1, 0.15) is 11.8 Å². The van der Waals surface area contributed by atoms with Crippen molar-refractivity contribution in [1.29, 1.82) is 0 Å². The van der Waals surface area contributed by atoms with Crippen LogP contribution in [0.3, 0.4) is 0 Å². The molecule has 1 aliphatic carbocycles. The fourth-order valence-electron chi connectivity index (χ4n) is 6.06. The minimum atomic E-state index is -0.971. The minimum Gasteiger partial charge on any atom is -0.494 e. The Kier molecular flexibility index (Phi) is 7.10. The molecule has 204 valence electrons. The first kappa shape index (κ1) is 27.1. The molecule has 3 amide bonds. The predicted octanol–water partition coefficient (Wildman–Crippen LogP) is 5.88. The summed E-state index contributed by atoms with van der Waals surface area (Å²) >= 11 is 1.37. The van der Waals surface area contributed by atoms with Crippen molar-refractivity contribution in [2.75, 3.05) is 11.9 Å². The van der Waals surface area contributed by atoms with E-state index >= 15 is 0 Å².